The van der Waals surface area contributed by atoms with Crippen molar-refractivity contribution in [3.63, 3.8) is 0 Å². The van der Waals surface area contributed by atoms with E-state index in [0.29, 0.717) is 0 Å². The monoisotopic (exact) mass is 693 g/mol. The molecule has 0 aliphatic rings. The summed E-state index contributed by atoms with van der Waals surface area (Å²) < 4.78 is 0. The Kier molecular flexibility index (Phi) is 33.8. The Balaban J connectivity index is 2.47. The number of aryl methyl sites for hydroxylation is 1. The van der Waals surface area contributed by atoms with Crippen LogP contribution in [0.25, 0.3) is 0 Å². The van der Waals surface area contributed by atoms with Crippen LogP contribution < -0.4 is 0 Å². The van der Waals surface area contributed by atoms with E-state index in [2.05, 4.69) is 75.1 Å². The summed E-state index contributed by atoms with van der Waals surface area (Å²) in [7, 11) is 0. The highest BCUT2D eigenvalue weighted by atomic mass is 32.2. The molecule has 0 aromatic heterocycles. The maximum Gasteiger partial charge on any atom is 0.0344 e. The second kappa shape index (κ2) is 35.1. The molecule has 1 aromatic carbocycles. The lowest BCUT2D eigenvalue weighted by Crippen LogP contribution is -1.92. The second-order valence-electron chi connectivity index (χ2n) is 14.2. The van der Waals surface area contributed by atoms with Crippen molar-refractivity contribution < 1.29 is 0 Å². The van der Waals surface area contributed by atoms with E-state index in [1.54, 1.807) is 14.7 Å². The van der Waals surface area contributed by atoms with Gasteiger partial charge in [-0.25, -0.2) is 0 Å². The Morgan fingerprint density at radius 3 is 0.848 bits per heavy atom. The zero-order valence-electron chi connectivity index (χ0n) is 31.7. The van der Waals surface area contributed by atoms with Crippen LogP contribution in [0.5, 0.6) is 0 Å². The SMILES string of the molecule is CCCCCCCCCCCCSc1cc(C)cc(SCCCCCCCCCCCC)c1SCCCCCCCCCCCC. The van der Waals surface area contributed by atoms with Crippen LogP contribution in [0.4, 0.5) is 0 Å². The van der Waals surface area contributed by atoms with Gasteiger partial charge in [-0.15, -0.1) is 35.3 Å². The van der Waals surface area contributed by atoms with Gasteiger partial charge in [-0.05, 0) is 61.1 Å². The first kappa shape index (κ1) is 44.3. The van der Waals surface area contributed by atoms with Crippen molar-refractivity contribution in [2.45, 2.75) is 235 Å². The van der Waals surface area contributed by atoms with E-state index >= 15 is 0 Å². The minimum Gasteiger partial charge on any atom is -0.125 e. The van der Waals surface area contributed by atoms with Gasteiger partial charge in [0.25, 0.3) is 0 Å². The van der Waals surface area contributed by atoms with E-state index in [1.807, 2.05) is 0 Å². The van der Waals surface area contributed by atoms with E-state index in [4.69, 9.17) is 0 Å². The molecule has 46 heavy (non-hydrogen) atoms. The van der Waals surface area contributed by atoms with E-state index in [-0.39, 0.29) is 0 Å². The Hall–Kier alpha value is 0.270. The molecule has 0 N–H and O–H groups in total. The summed E-state index contributed by atoms with van der Waals surface area (Å²) in [5, 5.41) is 0. The smallest absolute Gasteiger partial charge is 0.0344 e. The van der Waals surface area contributed by atoms with Gasteiger partial charge >= 0.3 is 0 Å². The summed E-state index contributed by atoms with van der Waals surface area (Å²) in [5.41, 5.74) is 1.46. The highest BCUT2D eigenvalue weighted by molar-refractivity contribution is 8.03. The lowest BCUT2D eigenvalue weighted by molar-refractivity contribution is 0.563. The third-order valence-electron chi connectivity index (χ3n) is 9.42. The number of hydrogen-bond acceptors (Lipinski definition) is 3. The normalized spacial score (nSPS) is 11.6. The van der Waals surface area contributed by atoms with Crippen LogP contribution in [0.15, 0.2) is 26.8 Å². The van der Waals surface area contributed by atoms with Crippen LogP contribution in [0, 0.1) is 6.92 Å². The van der Waals surface area contributed by atoms with Gasteiger partial charge < -0.3 is 0 Å². The summed E-state index contributed by atoms with van der Waals surface area (Å²) in [4.78, 5) is 4.79. The van der Waals surface area contributed by atoms with Crippen molar-refractivity contribution in [3.05, 3.63) is 17.7 Å². The Labute approximate surface area is 303 Å². The van der Waals surface area contributed by atoms with Gasteiger partial charge in [0.2, 0.25) is 0 Å². The van der Waals surface area contributed by atoms with Gasteiger partial charge in [0, 0.05) is 14.7 Å². The van der Waals surface area contributed by atoms with Crippen molar-refractivity contribution in [2.24, 2.45) is 0 Å². The maximum absolute atomic E-state index is 2.51. The zero-order valence-corrected chi connectivity index (χ0v) is 34.2. The average molecular weight is 693 g/mol. The number of thioether (sulfide) groups is 3. The van der Waals surface area contributed by atoms with Crippen molar-refractivity contribution in [1.29, 1.82) is 0 Å². The molecule has 0 bridgehead atoms. The standard InChI is InChI=1S/C43H80S3/c1-5-8-11-14-17-20-23-26-29-32-35-44-41-38-40(4)39-42(45-36-33-30-27-24-21-18-15-12-9-6-2)43(41)46-37-34-31-28-25-22-19-16-13-10-7-3/h38-39H,5-37H2,1-4H3. The molecule has 1 rings (SSSR count). The molecule has 270 valence electrons. The third-order valence-corrected chi connectivity index (χ3v) is 13.2. The fraction of sp³-hybridized carbons (Fsp3) is 0.860. The molecule has 0 amide bonds. The van der Waals surface area contributed by atoms with Crippen LogP contribution in [-0.4, -0.2) is 17.3 Å². The third kappa shape index (κ3) is 27.1. The second-order valence-corrected chi connectivity index (χ2v) is 17.6. The lowest BCUT2D eigenvalue weighted by atomic mass is 10.1. The van der Waals surface area contributed by atoms with Gasteiger partial charge in [-0.3, -0.25) is 0 Å². The number of rotatable bonds is 36. The molecule has 1 aromatic rings. The van der Waals surface area contributed by atoms with Gasteiger partial charge in [0.15, 0.2) is 0 Å². The maximum atomic E-state index is 2.51. The molecule has 0 saturated carbocycles. The van der Waals surface area contributed by atoms with Gasteiger partial charge in [-0.1, -0.05) is 194 Å². The Morgan fingerprint density at radius 1 is 0.326 bits per heavy atom. The molecule has 0 spiro atoms. The summed E-state index contributed by atoms with van der Waals surface area (Å²) >= 11 is 6.51. The van der Waals surface area contributed by atoms with Crippen LogP contribution in [0.1, 0.15) is 219 Å². The first-order chi connectivity index (χ1) is 22.7. The predicted molar refractivity (Wildman–Crippen MR) is 219 cm³/mol. The lowest BCUT2D eigenvalue weighted by Gasteiger charge is -2.16. The summed E-state index contributed by atoms with van der Waals surface area (Å²) in [6.45, 7) is 9.27. The zero-order chi connectivity index (χ0) is 33.2. The number of hydrogen-bond donors (Lipinski definition) is 0. The first-order valence-electron chi connectivity index (χ1n) is 20.8. The fourth-order valence-electron chi connectivity index (χ4n) is 6.37. The Bertz CT molecular complexity index is 713. The first-order valence-corrected chi connectivity index (χ1v) is 23.7. The van der Waals surface area contributed by atoms with Crippen molar-refractivity contribution in [1.82, 2.24) is 0 Å². The van der Waals surface area contributed by atoms with Gasteiger partial charge in [-0.2, -0.15) is 0 Å². The molecule has 0 radical (unpaired) electrons. The van der Waals surface area contributed by atoms with E-state index in [1.165, 1.54) is 215 Å². The van der Waals surface area contributed by atoms with Crippen LogP contribution in [0.3, 0.4) is 0 Å². The molecule has 0 saturated heterocycles. The average Bonchev–Trinajstić information content (AvgIpc) is 3.05. The van der Waals surface area contributed by atoms with Crippen LogP contribution in [-0.2, 0) is 0 Å². The number of unbranched alkanes of at least 4 members (excludes halogenated alkanes) is 27. The largest absolute Gasteiger partial charge is 0.125 e. The molecular formula is C43H80S3. The molecule has 0 nitrogen and oxygen atoms in total. The van der Waals surface area contributed by atoms with Crippen molar-refractivity contribution >= 4 is 35.3 Å². The molecule has 0 fully saturated rings. The molecule has 0 heterocycles. The minimum atomic E-state index is 1.29. The molecule has 3 heteroatoms. The number of benzene rings is 1. The summed E-state index contributed by atoms with van der Waals surface area (Å²) in [6, 6.07) is 5.01. The van der Waals surface area contributed by atoms with Crippen molar-refractivity contribution in [3.8, 4) is 0 Å². The quantitative estimate of drug-likeness (QED) is 0.0507. The molecule has 0 aliphatic carbocycles. The van der Waals surface area contributed by atoms with E-state index < -0.39 is 0 Å². The molecule has 0 aliphatic heterocycles. The Morgan fingerprint density at radius 2 is 0.565 bits per heavy atom. The predicted octanol–water partition coefficient (Wildman–Crippen LogP) is 17.0. The summed E-state index contributed by atoms with van der Waals surface area (Å²) in [6.07, 6.45) is 42.8. The van der Waals surface area contributed by atoms with Gasteiger partial charge in [0.1, 0.15) is 0 Å². The summed E-state index contributed by atoms with van der Waals surface area (Å²) in [5.74, 6) is 3.86. The topological polar surface area (TPSA) is 0 Å². The van der Waals surface area contributed by atoms with Gasteiger partial charge in [0.05, 0.1) is 0 Å². The molecular weight excluding hydrogens is 613 g/mol. The fourth-order valence-corrected chi connectivity index (χ4v) is 10.3. The van der Waals surface area contributed by atoms with Crippen LogP contribution in [0.2, 0.25) is 0 Å². The van der Waals surface area contributed by atoms with E-state index in [9.17, 15) is 0 Å². The highest BCUT2D eigenvalue weighted by Crippen LogP contribution is 2.41. The molecule has 0 unspecified atom stereocenters. The highest BCUT2D eigenvalue weighted by Gasteiger charge is 2.12. The van der Waals surface area contributed by atoms with E-state index in [0.717, 1.165) is 0 Å². The van der Waals surface area contributed by atoms with Crippen LogP contribution >= 0.6 is 35.3 Å². The molecule has 0 atom stereocenters. The minimum absolute atomic E-state index is 1.29. The van der Waals surface area contributed by atoms with Crippen molar-refractivity contribution in [2.75, 3.05) is 17.3 Å².